The van der Waals surface area contributed by atoms with E-state index < -0.39 is 6.10 Å². The SMILES string of the molecule is CCCCC/C=C\C/C=C\CCCCCCCC(=O)OCC(COC(=O)CCCCCCCCCCCCCCCCCCCCC/C=C\C/C=C\CCCCCCC)OC(=O)CCCCCCCCCCCCCCCCCC. The van der Waals surface area contributed by atoms with Crippen molar-refractivity contribution in [3.8, 4) is 0 Å². The standard InChI is InChI=1S/C74H136O6/c1-4-7-10-13-16-19-22-25-28-30-31-32-33-34-35-36-37-38-39-40-41-42-43-44-47-49-52-55-58-61-64-67-73(76)79-70-71(69-78-72(75)66-63-60-57-54-51-48-45-27-24-21-18-15-12-9-6-3)80-74(77)68-65-62-59-56-53-50-46-29-26-23-20-17-14-11-8-5-2/h18,21-22,25,27,30-31,45,71H,4-17,19-20,23-24,26,28-29,32-44,46-70H2,1-3H3/b21-18-,25-22-,31-30-,45-27-. The molecule has 0 bridgehead atoms. The van der Waals surface area contributed by atoms with Crippen LogP contribution in [0, 0.1) is 0 Å². The Bertz CT molecular complexity index is 1380. The van der Waals surface area contributed by atoms with E-state index in [4.69, 9.17) is 14.2 Å². The molecule has 0 amide bonds. The first kappa shape index (κ1) is 77.4. The maximum Gasteiger partial charge on any atom is 0.306 e. The van der Waals surface area contributed by atoms with Crippen molar-refractivity contribution >= 4 is 17.9 Å². The molecule has 1 unspecified atom stereocenters. The van der Waals surface area contributed by atoms with Crippen molar-refractivity contribution in [2.24, 2.45) is 0 Å². The molecule has 0 aliphatic heterocycles. The molecule has 1 atom stereocenters. The second-order valence-electron chi connectivity index (χ2n) is 24.1. The third-order valence-electron chi connectivity index (χ3n) is 16.1. The fourth-order valence-electron chi connectivity index (χ4n) is 10.7. The summed E-state index contributed by atoms with van der Waals surface area (Å²) in [5.74, 6) is -0.859. The van der Waals surface area contributed by atoms with Crippen molar-refractivity contribution in [2.45, 2.75) is 393 Å². The van der Waals surface area contributed by atoms with Gasteiger partial charge in [0.05, 0.1) is 0 Å². The molecule has 0 saturated carbocycles. The van der Waals surface area contributed by atoms with E-state index in [0.717, 1.165) is 83.5 Å². The summed E-state index contributed by atoms with van der Waals surface area (Å²) in [6.07, 6.45) is 87.2. The van der Waals surface area contributed by atoms with Crippen molar-refractivity contribution in [1.29, 1.82) is 0 Å². The van der Waals surface area contributed by atoms with Crippen LogP contribution in [-0.2, 0) is 28.6 Å². The summed E-state index contributed by atoms with van der Waals surface area (Å²) in [5.41, 5.74) is 0. The Morgan fingerprint density at radius 1 is 0.250 bits per heavy atom. The monoisotopic (exact) mass is 1120 g/mol. The van der Waals surface area contributed by atoms with Crippen LogP contribution in [0.4, 0.5) is 0 Å². The number of allylic oxidation sites excluding steroid dienone is 8. The van der Waals surface area contributed by atoms with Gasteiger partial charge in [-0.1, -0.05) is 333 Å². The Kier molecular flexibility index (Phi) is 66.6. The Labute approximate surface area is 498 Å². The number of esters is 3. The van der Waals surface area contributed by atoms with Crippen LogP contribution in [0.2, 0.25) is 0 Å². The lowest BCUT2D eigenvalue weighted by molar-refractivity contribution is -0.167. The summed E-state index contributed by atoms with van der Waals surface area (Å²) in [5, 5.41) is 0. The predicted octanol–water partition coefficient (Wildman–Crippen LogP) is 24.5. The number of carbonyl (C=O) groups is 3. The maximum atomic E-state index is 12.9. The van der Waals surface area contributed by atoms with Gasteiger partial charge in [-0.15, -0.1) is 0 Å². The van der Waals surface area contributed by atoms with Crippen LogP contribution < -0.4 is 0 Å². The maximum absolute atomic E-state index is 12.9. The summed E-state index contributed by atoms with van der Waals surface area (Å²) in [6, 6.07) is 0. The van der Waals surface area contributed by atoms with Crippen molar-refractivity contribution in [1.82, 2.24) is 0 Å². The molecule has 6 nitrogen and oxygen atoms in total. The molecule has 0 spiro atoms. The summed E-state index contributed by atoms with van der Waals surface area (Å²) in [6.45, 7) is 6.66. The lowest BCUT2D eigenvalue weighted by atomic mass is 10.0. The Balaban J connectivity index is 4.17. The van der Waals surface area contributed by atoms with E-state index in [2.05, 4.69) is 69.4 Å². The fourth-order valence-corrected chi connectivity index (χ4v) is 10.7. The molecule has 468 valence electrons. The van der Waals surface area contributed by atoms with Crippen molar-refractivity contribution in [2.75, 3.05) is 13.2 Å². The van der Waals surface area contributed by atoms with Crippen LogP contribution in [-0.4, -0.2) is 37.2 Å². The number of unbranched alkanes of at least 4 members (excludes halogenated alkanes) is 47. The molecule has 0 saturated heterocycles. The number of rotatable bonds is 66. The van der Waals surface area contributed by atoms with Crippen LogP contribution in [0.1, 0.15) is 387 Å². The molecular weight excluding hydrogens is 985 g/mol. The topological polar surface area (TPSA) is 78.9 Å². The number of ether oxygens (including phenoxy) is 3. The van der Waals surface area contributed by atoms with Gasteiger partial charge in [0.25, 0.3) is 0 Å². The van der Waals surface area contributed by atoms with Crippen LogP contribution in [0.3, 0.4) is 0 Å². The Morgan fingerprint density at radius 3 is 0.713 bits per heavy atom. The zero-order valence-corrected chi connectivity index (χ0v) is 53.9. The molecule has 0 aromatic heterocycles. The molecule has 0 aromatic rings. The fraction of sp³-hybridized carbons (Fsp3) is 0.851. The van der Waals surface area contributed by atoms with E-state index in [0.29, 0.717) is 19.3 Å². The van der Waals surface area contributed by atoms with E-state index in [9.17, 15) is 14.4 Å². The summed E-state index contributed by atoms with van der Waals surface area (Å²) in [7, 11) is 0. The minimum Gasteiger partial charge on any atom is -0.462 e. The molecule has 0 radical (unpaired) electrons. The molecule has 0 aliphatic carbocycles. The molecule has 0 heterocycles. The third-order valence-corrected chi connectivity index (χ3v) is 16.1. The Hall–Kier alpha value is -2.63. The van der Waals surface area contributed by atoms with Crippen LogP contribution in [0.5, 0.6) is 0 Å². The minimum atomic E-state index is -0.776. The summed E-state index contributed by atoms with van der Waals surface area (Å²) < 4.78 is 17.0. The van der Waals surface area contributed by atoms with Gasteiger partial charge in [-0.2, -0.15) is 0 Å². The predicted molar refractivity (Wildman–Crippen MR) is 349 cm³/mol. The van der Waals surface area contributed by atoms with E-state index in [1.165, 1.54) is 263 Å². The quantitative estimate of drug-likeness (QED) is 0.0261. The van der Waals surface area contributed by atoms with E-state index in [1.807, 2.05) is 0 Å². The van der Waals surface area contributed by atoms with Crippen LogP contribution in [0.25, 0.3) is 0 Å². The van der Waals surface area contributed by atoms with E-state index in [-0.39, 0.29) is 31.1 Å². The summed E-state index contributed by atoms with van der Waals surface area (Å²) in [4.78, 5) is 38.4. The molecule has 0 aromatic carbocycles. The third kappa shape index (κ3) is 66.2. The van der Waals surface area contributed by atoms with Crippen molar-refractivity contribution in [3.05, 3.63) is 48.6 Å². The van der Waals surface area contributed by atoms with Gasteiger partial charge in [-0.25, -0.2) is 0 Å². The first-order valence-corrected chi connectivity index (χ1v) is 35.6. The van der Waals surface area contributed by atoms with Crippen LogP contribution in [0.15, 0.2) is 48.6 Å². The van der Waals surface area contributed by atoms with Gasteiger partial charge in [-0.3, -0.25) is 14.4 Å². The zero-order chi connectivity index (χ0) is 57.8. The van der Waals surface area contributed by atoms with Gasteiger partial charge in [0, 0.05) is 19.3 Å². The highest BCUT2D eigenvalue weighted by atomic mass is 16.6. The van der Waals surface area contributed by atoms with Gasteiger partial charge < -0.3 is 14.2 Å². The highest BCUT2D eigenvalue weighted by Crippen LogP contribution is 2.18. The van der Waals surface area contributed by atoms with E-state index >= 15 is 0 Å². The second-order valence-corrected chi connectivity index (χ2v) is 24.1. The Morgan fingerprint density at radius 2 is 0.450 bits per heavy atom. The van der Waals surface area contributed by atoms with Gasteiger partial charge in [-0.05, 0) is 83.5 Å². The molecule has 0 N–H and O–H groups in total. The molecule has 0 fully saturated rings. The molecule has 0 aliphatic rings. The average Bonchev–Trinajstić information content (AvgIpc) is 3.46. The van der Waals surface area contributed by atoms with E-state index in [1.54, 1.807) is 0 Å². The average molecular weight is 1120 g/mol. The van der Waals surface area contributed by atoms with Gasteiger partial charge in [0.15, 0.2) is 6.10 Å². The van der Waals surface area contributed by atoms with Gasteiger partial charge >= 0.3 is 17.9 Å². The zero-order valence-electron chi connectivity index (χ0n) is 53.9. The summed E-state index contributed by atoms with van der Waals surface area (Å²) >= 11 is 0. The minimum absolute atomic E-state index is 0.0721. The molecular formula is C74H136O6. The van der Waals surface area contributed by atoms with Crippen molar-refractivity contribution < 1.29 is 28.6 Å². The molecule has 0 rings (SSSR count). The number of hydrogen-bond donors (Lipinski definition) is 0. The first-order valence-electron chi connectivity index (χ1n) is 35.6. The largest absolute Gasteiger partial charge is 0.462 e. The second kappa shape index (κ2) is 68.9. The lowest BCUT2D eigenvalue weighted by Crippen LogP contribution is -2.30. The number of hydrogen-bond acceptors (Lipinski definition) is 6. The van der Waals surface area contributed by atoms with Gasteiger partial charge in [0.2, 0.25) is 0 Å². The number of carbonyl (C=O) groups excluding carboxylic acids is 3. The van der Waals surface area contributed by atoms with Crippen LogP contribution >= 0.6 is 0 Å². The highest BCUT2D eigenvalue weighted by Gasteiger charge is 2.19. The molecule has 80 heavy (non-hydrogen) atoms. The molecule has 6 heteroatoms. The first-order chi connectivity index (χ1) is 39.5. The lowest BCUT2D eigenvalue weighted by Gasteiger charge is -2.18. The van der Waals surface area contributed by atoms with Gasteiger partial charge in [0.1, 0.15) is 13.2 Å². The normalized spacial score (nSPS) is 12.3. The smallest absolute Gasteiger partial charge is 0.306 e. The van der Waals surface area contributed by atoms with Crippen molar-refractivity contribution in [3.63, 3.8) is 0 Å². The highest BCUT2D eigenvalue weighted by molar-refractivity contribution is 5.71.